The molecule has 0 aromatic heterocycles. The Kier molecular flexibility index (Phi) is 5.26. The fraction of sp³-hybridized carbons (Fsp3) is 0.538. The second-order valence-corrected chi connectivity index (χ2v) is 4.37. The number of benzene rings is 1. The minimum absolute atomic E-state index is 0.156. The first-order chi connectivity index (χ1) is 7.65. The Labute approximate surface area is 97.3 Å². The highest BCUT2D eigenvalue weighted by Crippen LogP contribution is 2.19. The van der Waals surface area contributed by atoms with Gasteiger partial charge in [0, 0.05) is 13.6 Å². The molecule has 0 aliphatic heterocycles. The second-order valence-electron chi connectivity index (χ2n) is 4.37. The first kappa shape index (κ1) is 13.0. The molecule has 90 valence electrons. The summed E-state index contributed by atoms with van der Waals surface area (Å²) >= 11 is 0. The van der Waals surface area contributed by atoms with Crippen LogP contribution in [0.4, 0.5) is 10.1 Å². The Morgan fingerprint density at radius 3 is 2.69 bits per heavy atom. The van der Waals surface area contributed by atoms with Crippen LogP contribution in [0.25, 0.3) is 0 Å². The van der Waals surface area contributed by atoms with E-state index in [0.29, 0.717) is 11.6 Å². The van der Waals surface area contributed by atoms with Crippen LogP contribution in [0.1, 0.15) is 19.8 Å². The Bertz CT molecular complexity index is 315. The van der Waals surface area contributed by atoms with E-state index in [4.69, 9.17) is 5.73 Å². The van der Waals surface area contributed by atoms with Crippen molar-refractivity contribution in [3.8, 4) is 0 Å². The third kappa shape index (κ3) is 3.81. The summed E-state index contributed by atoms with van der Waals surface area (Å²) in [6.45, 7) is 3.77. The highest BCUT2D eigenvalue weighted by molar-refractivity contribution is 5.46. The van der Waals surface area contributed by atoms with Crippen molar-refractivity contribution in [3.63, 3.8) is 0 Å². The lowest BCUT2D eigenvalue weighted by Crippen LogP contribution is -2.25. The van der Waals surface area contributed by atoms with Gasteiger partial charge in [-0.2, -0.15) is 0 Å². The summed E-state index contributed by atoms with van der Waals surface area (Å²) in [6.07, 6.45) is 2.13. The van der Waals surface area contributed by atoms with Gasteiger partial charge in [-0.1, -0.05) is 19.1 Å². The van der Waals surface area contributed by atoms with E-state index in [1.165, 1.54) is 6.07 Å². The highest BCUT2D eigenvalue weighted by atomic mass is 19.1. The van der Waals surface area contributed by atoms with Gasteiger partial charge in [-0.15, -0.1) is 0 Å². The molecule has 0 aliphatic rings. The van der Waals surface area contributed by atoms with Gasteiger partial charge in [-0.3, -0.25) is 0 Å². The van der Waals surface area contributed by atoms with Gasteiger partial charge in [0.25, 0.3) is 0 Å². The number of anilines is 1. The molecule has 0 spiro atoms. The molecule has 0 saturated heterocycles. The first-order valence-corrected chi connectivity index (χ1v) is 5.81. The van der Waals surface area contributed by atoms with Crippen molar-refractivity contribution in [1.82, 2.24) is 0 Å². The molecule has 1 atom stereocenters. The molecule has 0 heterocycles. The van der Waals surface area contributed by atoms with Crippen LogP contribution >= 0.6 is 0 Å². The number of para-hydroxylation sites is 1. The van der Waals surface area contributed by atoms with Crippen LogP contribution in [-0.2, 0) is 0 Å². The van der Waals surface area contributed by atoms with Gasteiger partial charge >= 0.3 is 0 Å². The van der Waals surface area contributed by atoms with Crippen LogP contribution in [0.5, 0.6) is 0 Å². The van der Waals surface area contributed by atoms with E-state index < -0.39 is 0 Å². The van der Waals surface area contributed by atoms with Crippen molar-refractivity contribution in [3.05, 3.63) is 30.1 Å². The summed E-state index contributed by atoms with van der Waals surface area (Å²) in [5.74, 6) is 0.379. The molecule has 0 aliphatic carbocycles. The molecular formula is C13H21FN2. The molecule has 1 unspecified atom stereocenters. The molecule has 1 rings (SSSR count). The lowest BCUT2D eigenvalue weighted by molar-refractivity contribution is 0.510. The van der Waals surface area contributed by atoms with Crippen LogP contribution in [0, 0.1) is 11.7 Å². The fourth-order valence-corrected chi connectivity index (χ4v) is 1.88. The van der Waals surface area contributed by atoms with E-state index in [1.807, 2.05) is 24.1 Å². The molecule has 1 aromatic rings. The summed E-state index contributed by atoms with van der Waals surface area (Å²) in [6, 6.07) is 6.88. The molecule has 1 aromatic carbocycles. The van der Waals surface area contributed by atoms with E-state index in [-0.39, 0.29) is 5.82 Å². The van der Waals surface area contributed by atoms with E-state index >= 15 is 0 Å². The first-order valence-electron chi connectivity index (χ1n) is 5.81. The lowest BCUT2D eigenvalue weighted by atomic mass is 10.0. The zero-order chi connectivity index (χ0) is 12.0. The maximum Gasteiger partial charge on any atom is 0.146 e. The van der Waals surface area contributed by atoms with Gasteiger partial charge in [0.15, 0.2) is 0 Å². The van der Waals surface area contributed by atoms with E-state index in [1.54, 1.807) is 6.07 Å². The smallest absolute Gasteiger partial charge is 0.146 e. The molecule has 0 radical (unpaired) electrons. The van der Waals surface area contributed by atoms with E-state index in [2.05, 4.69) is 6.92 Å². The van der Waals surface area contributed by atoms with Crippen molar-refractivity contribution in [2.24, 2.45) is 11.7 Å². The molecule has 0 bridgehead atoms. The molecule has 16 heavy (non-hydrogen) atoms. The molecule has 3 heteroatoms. The molecule has 2 nitrogen and oxygen atoms in total. The number of halogens is 1. The normalized spacial score (nSPS) is 12.5. The van der Waals surface area contributed by atoms with Gasteiger partial charge in [0.1, 0.15) is 5.82 Å². The Hall–Kier alpha value is -1.09. The fourth-order valence-electron chi connectivity index (χ4n) is 1.88. The molecule has 0 amide bonds. The van der Waals surface area contributed by atoms with E-state index in [9.17, 15) is 4.39 Å². The van der Waals surface area contributed by atoms with Gasteiger partial charge in [-0.05, 0) is 37.4 Å². The number of nitrogens with zero attached hydrogens (tertiary/aromatic N) is 1. The average Bonchev–Trinajstić information content (AvgIpc) is 2.26. The predicted molar refractivity (Wildman–Crippen MR) is 67.1 cm³/mol. The second kappa shape index (κ2) is 6.48. The minimum Gasteiger partial charge on any atom is -0.372 e. The number of nitrogens with two attached hydrogens (primary N) is 1. The van der Waals surface area contributed by atoms with Crippen molar-refractivity contribution in [2.75, 3.05) is 25.0 Å². The maximum absolute atomic E-state index is 13.5. The Morgan fingerprint density at radius 1 is 1.38 bits per heavy atom. The van der Waals surface area contributed by atoms with Crippen molar-refractivity contribution >= 4 is 5.69 Å². The summed E-state index contributed by atoms with van der Waals surface area (Å²) in [5, 5.41) is 0. The Morgan fingerprint density at radius 2 is 2.06 bits per heavy atom. The average molecular weight is 224 g/mol. The SMILES string of the molecule is CC(CCCN)CN(C)c1ccccc1F. The van der Waals surface area contributed by atoms with Crippen LogP contribution in [0.2, 0.25) is 0 Å². The van der Waals surface area contributed by atoms with Gasteiger partial charge < -0.3 is 10.6 Å². The number of hydrogen-bond donors (Lipinski definition) is 1. The van der Waals surface area contributed by atoms with Crippen LogP contribution < -0.4 is 10.6 Å². The minimum atomic E-state index is -0.156. The van der Waals surface area contributed by atoms with Crippen LogP contribution in [-0.4, -0.2) is 20.1 Å². The number of hydrogen-bond acceptors (Lipinski definition) is 2. The third-order valence-electron chi connectivity index (χ3n) is 2.75. The Balaban J connectivity index is 2.52. The van der Waals surface area contributed by atoms with Crippen LogP contribution in [0.3, 0.4) is 0 Å². The maximum atomic E-state index is 13.5. The molecule has 0 saturated carbocycles. The zero-order valence-electron chi connectivity index (χ0n) is 10.1. The van der Waals surface area contributed by atoms with E-state index in [0.717, 1.165) is 25.9 Å². The summed E-state index contributed by atoms with van der Waals surface area (Å²) in [4.78, 5) is 1.97. The van der Waals surface area contributed by atoms with Gasteiger partial charge in [0.2, 0.25) is 0 Å². The van der Waals surface area contributed by atoms with Crippen LogP contribution in [0.15, 0.2) is 24.3 Å². The van der Waals surface area contributed by atoms with Crippen molar-refractivity contribution in [1.29, 1.82) is 0 Å². The summed E-state index contributed by atoms with van der Waals surface area (Å²) < 4.78 is 13.5. The third-order valence-corrected chi connectivity index (χ3v) is 2.75. The molecule has 2 N–H and O–H groups in total. The zero-order valence-corrected chi connectivity index (χ0v) is 10.1. The summed E-state index contributed by atoms with van der Waals surface area (Å²) in [7, 11) is 1.93. The van der Waals surface area contributed by atoms with Gasteiger partial charge in [0.05, 0.1) is 5.69 Å². The molecule has 0 fully saturated rings. The quantitative estimate of drug-likeness (QED) is 0.805. The monoisotopic (exact) mass is 224 g/mol. The van der Waals surface area contributed by atoms with Gasteiger partial charge in [-0.25, -0.2) is 4.39 Å². The van der Waals surface area contributed by atoms with Crippen molar-refractivity contribution < 1.29 is 4.39 Å². The predicted octanol–water partition coefficient (Wildman–Crippen LogP) is 2.64. The molecular weight excluding hydrogens is 203 g/mol. The van der Waals surface area contributed by atoms with Crippen molar-refractivity contribution in [2.45, 2.75) is 19.8 Å². The summed E-state index contributed by atoms with van der Waals surface area (Å²) in [5.41, 5.74) is 6.14. The largest absolute Gasteiger partial charge is 0.372 e. The lowest BCUT2D eigenvalue weighted by Gasteiger charge is -2.23. The standard InChI is InChI=1S/C13H21FN2/c1-11(6-5-9-15)10-16(2)13-8-4-3-7-12(13)14/h3-4,7-8,11H,5-6,9-10,15H2,1-2H3. The number of rotatable bonds is 6. The highest BCUT2D eigenvalue weighted by Gasteiger charge is 2.09. The topological polar surface area (TPSA) is 29.3 Å².